The predicted octanol–water partition coefficient (Wildman–Crippen LogP) is 5.93. The molecule has 2 heterocycles. The predicted molar refractivity (Wildman–Crippen MR) is 131 cm³/mol. The molecule has 0 fully saturated rings. The van der Waals surface area contributed by atoms with Crippen molar-refractivity contribution in [3.05, 3.63) is 100 Å². The van der Waals surface area contributed by atoms with E-state index in [1.54, 1.807) is 39.1 Å². The normalized spacial score (nSPS) is 12.5. The van der Waals surface area contributed by atoms with Gasteiger partial charge in [-0.05, 0) is 74.0 Å². The van der Waals surface area contributed by atoms with E-state index in [1.807, 2.05) is 24.3 Å². The van der Waals surface area contributed by atoms with Crippen LogP contribution in [0.3, 0.4) is 0 Å². The number of fused-ring (bicyclic) bond motifs is 1. The zero-order valence-corrected chi connectivity index (χ0v) is 19.8. The van der Waals surface area contributed by atoms with Crippen LogP contribution in [0.25, 0.3) is 22.0 Å². The van der Waals surface area contributed by atoms with E-state index in [2.05, 4.69) is 9.97 Å². The van der Waals surface area contributed by atoms with Gasteiger partial charge in [0.05, 0.1) is 12.1 Å². The minimum absolute atomic E-state index is 0.0240. The lowest BCUT2D eigenvalue weighted by Crippen LogP contribution is -2.25. The molecule has 2 aromatic carbocycles. The second-order valence-corrected chi connectivity index (χ2v) is 9.53. The Balaban J connectivity index is 1.78. The Kier molecular flexibility index (Phi) is 6.78. The molecule has 0 saturated carbocycles. The quantitative estimate of drug-likeness (QED) is 0.350. The molecule has 0 aliphatic rings. The average Bonchev–Trinajstić information content (AvgIpc) is 2.76. The van der Waals surface area contributed by atoms with Gasteiger partial charge in [0.1, 0.15) is 17.2 Å². The van der Waals surface area contributed by atoms with Crippen molar-refractivity contribution in [3.8, 4) is 11.1 Å². The Labute approximate surface area is 201 Å². The van der Waals surface area contributed by atoms with Crippen molar-refractivity contribution in [1.29, 1.82) is 0 Å². The first kappa shape index (κ1) is 24.3. The maximum Gasteiger partial charge on any atom is 0.306 e. The maximum absolute atomic E-state index is 13.9. The van der Waals surface area contributed by atoms with Crippen molar-refractivity contribution in [1.82, 2.24) is 9.97 Å². The first-order valence-corrected chi connectivity index (χ1v) is 11.3. The summed E-state index contributed by atoms with van der Waals surface area (Å²) in [4.78, 5) is 32.0. The van der Waals surface area contributed by atoms with Gasteiger partial charge in [0.2, 0.25) is 5.56 Å². The molecule has 0 aliphatic heterocycles. The fourth-order valence-corrected chi connectivity index (χ4v) is 4.17. The van der Waals surface area contributed by atoms with Crippen LogP contribution in [0.1, 0.15) is 44.4 Å². The van der Waals surface area contributed by atoms with E-state index in [0.29, 0.717) is 16.8 Å². The van der Waals surface area contributed by atoms with Crippen LogP contribution in [0.15, 0.2) is 71.7 Å². The minimum Gasteiger partial charge on any atom is -0.460 e. The van der Waals surface area contributed by atoms with Crippen molar-refractivity contribution in [2.75, 3.05) is 0 Å². The summed E-state index contributed by atoms with van der Waals surface area (Å²) in [7, 11) is 0. The lowest BCUT2D eigenvalue weighted by Gasteiger charge is -2.23. The number of ether oxygens (including phenoxy) is 1. The van der Waals surface area contributed by atoms with Gasteiger partial charge >= 0.3 is 5.97 Å². The van der Waals surface area contributed by atoms with Crippen LogP contribution in [-0.2, 0) is 16.0 Å². The number of H-pyrrole nitrogens is 1. The molecule has 0 spiro atoms. The van der Waals surface area contributed by atoms with Crippen LogP contribution in [-0.4, -0.2) is 21.5 Å². The summed E-state index contributed by atoms with van der Waals surface area (Å²) in [6.45, 7) is 5.34. The van der Waals surface area contributed by atoms with Crippen molar-refractivity contribution in [2.24, 2.45) is 0 Å². The van der Waals surface area contributed by atoms with E-state index in [0.717, 1.165) is 22.6 Å². The van der Waals surface area contributed by atoms with Gasteiger partial charge in [0.15, 0.2) is 0 Å². The van der Waals surface area contributed by atoms with Gasteiger partial charge in [0.25, 0.3) is 0 Å². The summed E-state index contributed by atoms with van der Waals surface area (Å²) in [5.74, 6) is -2.31. The molecule has 2 aromatic heterocycles. The van der Waals surface area contributed by atoms with Crippen LogP contribution in [0.4, 0.5) is 8.78 Å². The number of aromatic nitrogens is 2. The third kappa shape index (κ3) is 6.18. The number of hydrogen-bond donors (Lipinski definition) is 1. The van der Waals surface area contributed by atoms with Gasteiger partial charge in [0, 0.05) is 35.3 Å². The van der Waals surface area contributed by atoms with Crippen LogP contribution in [0.5, 0.6) is 0 Å². The number of rotatable bonds is 6. The highest BCUT2D eigenvalue weighted by Crippen LogP contribution is 2.34. The van der Waals surface area contributed by atoms with Crippen molar-refractivity contribution in [3.63, 3.8) is 0 Å². The molecule has 0 bridgehead atoms. The van der Waals surface area contributed by atoms with Crippen molar-refractivity contribution in [2.45, 2.75) is 45.1 Å². The Morgan fingerprint density at radius 2 is 1.74 bits per heavy atom. The number of halogens is 2. The molecule has 7 heteroatoms. The fourth-order valence-electron chi connectivity index (χ4n) is 4.17. The van der Waals surface area contributed by atoms with Crippen LogP contribution in [0, 0.1) is 11.6 Å². The van der Waals surface area contributed by atoms with Crippen molar-refractivity contribution >= 4 is 16.9 Å². The van der Waals surface area contributed by atoms with Gasteiger partial charge in [-0.15, -0.1) is 0 Å². The van der Waals surface area contributed by atoms with Crippen LogP contribution >= 0.6 is 0 Å². The number of carbonyl (C=O) groups excluding carboxylic acids is 1. The van der Waals surface area contributed by atoms with E-state index >= 15 is 0 Å². The van der Waals surface area contributed by atoms with Gasteiger partial charge in [-0.1, -0.05) is 18.2 Å². The molecule has 1 atom stereocenters. The third-order valence-corrected chi connectivity index (χ3v) is 5.50. The average molecular weight is 477 g/mol. The van der Waals surface area contributed by atoms with Gasteiger partial charge in [-0.2, -0.15) is 0 Å². The first-order valence-electron chi connectivity index (χ1n) is 11.3. The van der Waals surface area contributed by atoms with Gasteiger partial charge in [-0.25, -0.2) is 8.78 Å². The summed E-state index contributed by atoms with van der Waals surface area (Å²) in [5.41, 5.74) is 2.34. The summed E-state index contributed by atoms with van der Waals surface area (Å²) in [5, 5.41) is 0.874. The lowest BCUT2D eigenvalue weighted by atomic mass is 9.88. The molecule has 0 radical (unpaired) electrons. The van der Waals surface area contributed by atoms with E-state index < -0.39 is 29.1 Å². The standard InChI is InChI=1S/C28H26F2N2O3/c1-28(2,3)35-26(34)15-20(11-17-12-21(29)16-22(30)13-17)27-23(5-4-10-31-27)19-7-6-18-8-9-25(33)32-24(18)14-19/h4-10,12-14,16,20H,11,15H2,1-3H3,(H,32,33)/t20-/m1/s1. The smallest absolute Gasteiger partial charge is 0.306 e. The molecule has 35 heavy (non-hydrogen) atoms. The number of hydrogen-bond acceptors (Lipinski definition) is 4. The Hall–Kier alpha value is -3.87. The first-order chi connectivity index (χ1) is 16.6. The monoisotopic (exact) mass is 476 g/mol. The molecule has 0 amide bonds. The number of carbonyl (C=O) groups is 1. The summed E-state index contributed by atoms with van der Waals surface area (Å²) >= 11 is 0. The molecule has 0 aliphatic carbocycles. The van der Waals surface area contributed by atoms with Gasteiger partial charge < -0.3 is 9.72 Å². The van der Waals surface area contributed by atoms with Gasteiger partial charge in [-0.3, -0.25) is 14.6 Å². The highest BCUT2D eigenvalue weighted by Gasteiger charge is 2.25. The third-order valence-electron chi connectivity index (χ3n) is 5.50. The second-order valence-electron chi connectivity index (χ2n) is 9.53. The molecule has 5 nitrogen and oxygen atoms in total. The summed E-state index contributed by atoms with van der Waals surface area (Å²) < 4.78 is 33.4. The number of benzene rings is 2. The summed E-state index contributed by atoms with van der Waals surface area (Å²) in [6, 6.07) is 15.8. The molecule has 1 N–H and O–H groups in total. The van der Waals surface area contributed by atoms with Crippen LogP contribution in [0.2, 0.25) is 0 Å². The number of aromatic amines is 1. The highest BCUT2D eigenvalue weighted by molar-refractivity contribution is 5.84. The SMILES string of the molecule is CC(C)(C)OC(=O)C[C@@H](Cc1cc(F)cc(F)c1)c1ncccc1-c1ccc2ccc(=O)[nH]c2c1. The maximum atomic E-state index is 13.9. The molecule has 0 unspecified atom stereocenters. The number of esters is 1. The van der Waals surface area contributed by atoms with E-state index in [9.17, 15) is 18.4 Å². The molecule has 180 valence electrons. The topological polar surface area (TPSA) is 72.0 Å². The zero-order chi connectivity index (χ0) is 25.2. The Morgan fingerprint density at radius 3 is 2.46 bits per heavy atom. The largest absolute Gasteiger partial charge is 0.460 e. The van der Waals surface area contributed by atoms with E-state index in [4.69, 9.17) is 4.74 Å². The number of pyridine rings is 2. The molecule has 4 aromatic rings. The molecule has 0 saturated heterocycles. The number of nitrogens with one attached hydrogen (secondary N) is 1. The highest BCUT2D eigenvalue weighted by atomic mass is 19.1. The molecule has 4 rings (SSSR count). The lowest BCUT2D eigenvalue weighted by molar-refractivity contribution is -0.155. The number of nitrogens with zero attached hydrogens (tertiary/aromatic N) is 1. The van der Waals surface area contributed by atoms with E-state index in [1.165, 1.54) is 18.2 Å². The fraction of sp³-hybridized carbons (Fsp3) is 0.250. The van der Waals surface area contributed by atoms with Crippen molar-refractivity contribution < 1.29 is 18.3 Å². The molecular weight excluding hydrogens is 450 g/mol. The zero-order valence-electron chi connectivity index (χ0n) is 19.8. The minimum atomic E-state index is -0.684. The Morgan fingerprint density at radius 1 is 1.03 bits per heavy atom. The van der Waals surface area contributed by atoms with Crippen LogP contribution < -0.4 is 5.56 Å². The Bertz CT molecular complexity index is 1420. The molecular formula is C28H26F2N2O3. The summed E-state index contributed by atoms with van der Waals surface area (Å²) in [6.07, 6.45) is 1.78. The second kappa shape index (κ2) is 9.78. The van der Waals surface area contributed by atoms with E-state index in [-0.39, 0.29) is 18.4 Å².